The van der Waals surface area contributed by atoms with Crippen molar-refractivity contribution in [2.75, 3.05) is 0 Å². The van der Waals surface area contributed by atoms with E-state index in [-0.39, 0.29) is 0 Å². The second-order valence-electron chi connectivity index (χ2n) is 4.80. The van der Waals surface area contributed by atoms with Gasteiger partial charge in [0.05, 0.1) is 10.2 Å². The number of aliphatic carboxylic acids is 1. The highest BCUT2D eigenvalue weighted by Crippen LogP contribution is 2.26. The molecule has 0 saturated carbocycles. The molecule has 0 aliphatic heterocycles. The number of thiazole rings is 1. The number of fused-ring (bicyclic) bond motifs is 1. The molecule has 0 fully saturated rings. The molecule has 0 unspecified atom stereocenters. The Balaban J connectivity index is 1.89. The Morgan fingerprint density at radius 3 is 2.73 bits per heavy atom. The molecule has 0 aliphatic rings. The molecule has 6 nitrogen and oxygen atoms in total. The number of hydrogen-bond acceptors (Lipinski definition) is 4. The topological polar surface area (TPSA) is 84.2 Å². The van der Waals surface area contributed by atoms with Crippen LogP contribution in [0.1, 0.15) is 17.3 Å². The Hall–Kier alpha value is -2.67. The Morgan fingerprint density at radius 1 is 1.32 bits per heavy atom. The molecule has 3 aromatic rings. The fraction of sp³-hybridized carbons (Fsp3) is 0.133. The summed E-state index contributed by atoms with van der Waals surface area (Å²) < 4.78 is 2.77. The van der Waals surface area contributed by atoms with Crippen LogP contribution in [-0.4, -0.2) is 32.6 Å². The zero-order valence-corrected chi connectivity index (χ0v) is 12.5. The van der Waals surface area contributed by atoms with Gasteiger partial charge in [-0.2, -0.15) is 0 Å². The van der Waals surface area contributed by atoms with E-state index in [1.165, 1.54) is 18.3 Å². The maximum Gasteiger partial charge on any atom is 0.325 e. The number of carboxylic acids is 1. The summed E-state index contributed by atoms with van der Waals surface area (Å²) in [5.74, 6) is -1.48. The first kappa shape index (κ1) is 14.3. The lowest BCUT2D eigenvalue weighted by Crippen LogP contribution is -2.38. The van der Waals surface area contributed by atoms with Crippen molar-refractivity contribution in [3.63, 3.8) is 0 Å². The van der Waals surface area contributed by atoms with E-state index < -0.39 is 17.9 Å². The molecule has 1 amide bonds. The highest BCUT2D eigenvalue weighted by Gasteiger charge is 2.16. The Labute approximate surface area is 130 Å². The summed E-state index contributed by atoms with van der Waals surface area (Å²) in [6.07, 6.45) is 3.81. The van der Waals surface area contributed by atoms with Crippen molar-refractivity contribution >= 4 is 33.4 Å². The Morgan fingerprint density at radius 2 is 2.05 bits per heavy atom. The van der Waals surface area contributed by atoms with Crippen molar-refractivity contribution in [3.8, 4) is 5.13 Å². The number of carbonyl (C=O) groups excluding carboxylic acids is 1. The average Bonchev–Trinajstić information content (AvgIpc) is 3.14. The molecule has 2 heterocycles. The van der Waals surface area contributed by atoms with Crippen LogP contribution in [0.2, 0.25) is 0 Å². The zero-order chi connectivity index (χ0) is 15.7. The molecule has 7 heteroatoms. The molecule has 0 radical (unpaired) electrons. The van der Waals surface area contributed by atoms with Crippen LogP contribution in [0.25, 0.3) is 15.3 Å². The van der Waals surface area contributed by atoms with Gasteiger partial charge in [0.1, 0.15) is 6.04 Å². The molecule has 22 heavy (non-hydrogen) atoms. The molecule has 0 saturated heterocycles. The standard InChI is InChI=1S/C15H13N3O3S/c1-9(14(20)21)16-13(19)10-4-5-11-12(8-10)22-15(17-11)18-6-2-3-7-18/h2-9H,1H3,(H,16,19)(H,20,21)/t9-/m0/s1. The van der Waals surface area contributed by atoms with Gasteiger partial charge in [0.15, 0.2) is 5.13 Å². The van der Waals surface area contributed by atoms with Crippen molar-refractivity contribution in [1.82, 2.24) is 14.9 Å². The lowest BCUT2D eigenvalue weighted by Gasteiger charge is -2.08. The van der Waals surface area contributed by atoms with Gasteiger partial charge < -0.3 is 15.0 Å². The molecule has 2 N–H and O–H groups in total. The number of hydrogen-bond donors (Lipinski definition) is 2. The number of carbonyl (C=O) groups is 2. The summed E-state index contributed by atoms with van der Waals surface area (Å²) in [5.41, 5.74) is 1.22. The van der Waals surface area contributed by atoms with Crippen LogP contribution in [0, 0.1) is 0 Å². The molecule has 0 spiro atoms. The minimum Gasteiger partial charge on any atom is -0.480 e. The van der Waals surface area contributed by atoms with Crippen LogP contribution >= 0.6 is 11.3 Å². The van der Waals surface area contributed by atoms with E-state index >= 15 is 0 Å². The summed E-state index contributed by atoms with van der Waals surface area (Å²) in [5, 5.41) is 12.1. The van der Waals surface area contributed by atoms with E-state index in [9.17, 15) is 9.59 Å². The molecule has 1 atom stereocenters. The first-order chi connectivity index (χ1) is 10.5. The third-order valence-electron chi connectivity index (χ3n) is 3.18. The van der Waals surface area contributed by atoms with Gasteiger partial charge in [0.2, 0.25) is 0 Å². The fourth-order valence-corrected chi connectivity index (χ4v) is 2.94. The third-order valence-corrected chi connectivity index (χ3v) is 4.21. The van der Waals surface area contributed by atoms with E-state index in [0.717, 1.165) is 15.3 Å². The summed E-state index contributed by atoms with van der Waals surface area (Å²) in [6.45, 7) is 1.43. The van der Waals surface area contributed by atoms with Gasteiger partial charge in [-0.15, -0.1) is 0 Å². The van der Waals surface area contributed by atoms with Crippen LogP contribution in [0.4, 0.5) is 0 Å². The van der Waals surface area contributed by atoms with Crippen LogP contribution < -0.4 is 5.32 Å². The van der Waals surface area contributed by atoms with E-state index in [4.69, 9.17) is 5.11 Å². The lowest BCUT2D eigenvalue weighted by molar-refractivity contribution is -0.138. The number of amides is 1. The summed E-state index contributed by atoms with van der Waals surface area (Å²) in [6, 6.07) is 8.03. The number of aromatic nitrogens is 2. The van der Waals surface area contributed by atoms with Gasteiger partial charge in [-0.3, -0.25) is 9.59 Å². The molecular weight excluding hydrogens is 302 g/mol. The van der Waals surface area contributed by atoms with Gasteiger partial charge in [-0.05, 0) is 37.3 Å². The summed E-state index contributed by atoms with van der Waals surface area (Å²) in [7, 11) is 0. The van der Waals surface area contributed by atoms with E-state index in [0.29, 0.717) is 5.56 Å². The summed E-state index contributed by atoms with van der Waals surface area (Å²) >= 11 is 1.47. The predicted octanol–water partition coefficient (Wildman–Crippen LogP) is 2.29. The highest BCUT2D eigenvalue weighted by atomic mass is 32.1. The minimum atomic E-state index is -1.07. The largest absolute Gasteiger partial charge is 0.480 e. The smallest absolute Gasteiger partial charge is 0.325 e. The van der Waals surface area contributed by atoms with Gasteiger partial charge >= 0.3 is 5.97 Å². The van der Waals surface area contributed by atoms with Crippen molar-refractivity contribution < 1.29 is 14.7 Å². The monoisotopic (exact) mass is 315 g/mol. The Kier molecular flexibility index (Phi) is 3.64. The highest BCUT2D eigenvalue weighted by molar-refractivity contribution is 7.20. The number of nitrogens with zero attached hydrogens (tertiary/aromatic N) is 2. The van der Waals surface area contributed by atoms with Crippen LogP contribution in [-0.2, 0) is 4.79 Å². The molecule has 0 aliphatic carbocycles. The second-order valence-corrected chi connectivity index (χ2v) is 5.81. The normalized spacial score (nSPS) is 12.2. The van der Waals surface area contributed by atoms with Crippen LogP contribution in [0.3, 0.4) is 0 Å². The Bertz CT molecular complexity index is 839. The predicted molar refractivity (Wildman–Crippen MR) is 83.5 cm³/mol. The van der Waals surface area contributed by atoms with Crippen molar-refractivity contribution in [1.29, 1.82) is 0 Å². The lowest BCUT2D eigenvalue weighted by atomic mass is 10.2. The number of nitrogens with one attached hydrogen (secondary N) is 1. The molecule has 112 valence electrons. The number of benzene rings is 1. The van der Waals surface area contributed by atoms with E-state index in [2.05, 4.69) is 10.3 Å². The minimum absolute atomic E-state index is 0.410. The molecule has 0 bridgehead atoms. The number of carboxylic acid groups (broad SMARTS) is 1. The first-order valence-corrected chi connectivity index (χ1v) is 7.44. The van der Waals surface area contributed by atoms with Crippen molar-refractivity contribution in [2.45, 2.75) is 13.0 Å². The second kappa shape index (κ2) is 5.61. The molecule has 1 aromatic carbocycles. The zero-order valence-electron chi connectivity index (χ0n) is 11.7. The molecule has 3 rings (SSSR count). The van der Waals surface area contributed by atoms with Gasteiger partial charge in [0, 0.05) is 18.0 Å². The van der Waals surface area contributed by atoms with Gasteiger partial charge in [0.25, 0.3) is 5.91 Å². The van der Waals surface area contributed by atoms with Crippen LogP contribution in [0.5, 0.6) is 0 Å². The average molecular weight is 315 g/mol. The maximum atomic E-state index is 12.0. The quantitative estimate of drug-likeness (QED) is 0.773. The van der Waals surface area contributed by atoms with E-state index in [1.54, 1.807) is 18.2 Å². The SMILES string of the molecule is C[C@H](NC(=O)c1ccc2nc(-n3cccc3)sc2c1)C(=O)O. The maximum absolute atomic E-state index is 12.0. The molecular formula is C15H13N3O3S. The van der Waals surface area contributed by atoms with Gasteiger partial charge in [-0.25, -0.2) is 4.98 Å². The van der Waals surface area contributed by atoms with Crippen LogP contribution in [0.15, 0.2) is 42.7 Å². The molecule has 2 aromatic heterocycles. The van der Waals surface area contributed by atoms with E-state index in [1.807, 2.05) is 29.1 Å². The van der Waals surface area contributed by atoms with Gasteiger partial charge in [-0.1, -0.05) is 11.3 Å². The number of rotatable bonds is 4. The summed E-state index contributed by atoms with van der Waals surface area (Å²) in [4.78, 5) is 27.3. The van der Waals surface area contributed by atoms with Crippen molar-refractivity contribution in [2.24, 2.45) is 0 Å². The third kappa shape index (κ3) is 2.71. The van der Waals surface area contributed by atoms with Crippen molar-refractivity contribution in [3.05, 3.63) is 48.3 Å². The first-order valence-electron chi connectivity index (χ1n) is 6.62. The fourth-order valence-electron chi connectivity index (χ4n) is 1.97.